The number of aliphatic hydroxyl groups is 5. The highest BCUT2D eigenvalue weighted by Gasteiger charge is 2.44. The molecule has 0 bridgehead atoms. The minimum absolute atomic E-state index is 0.178. The topological polar surface area (TPSA) is 149 Å². The van der Waals surface area contributed by atoms with Gasteiger partial charge < -0.3 is 40.3 Å². The normalized spacial score (nSPS) is 20.1. The average Bonchev–Trinajstić information content (AvgIpc) is 3.31. The molecule has 1 amide bonds. The lowest BCUT2D eigenvalue weighted by molar-refractivity contribution is -0.302. The Hall–Kier alpha value is -1.59. The molecule has 382 valence electrons. The number of hydrogen-bond donors (Lipinski definition) is 6. The molecular formula is C56H105NO8. The van der Waals surface area contributed by atoms with Crippen molar-refractivity contribution in [3.63, 3.8) is 0 Å². The minimum Gasteiger partial charge on any atom is -0.394 e. The second-order valence-electron chi connectivity index (χ2n) is 19.4. The molecule has 1 aliphatic rings. The van der Waals surface area contributed by atoms with Gasteiger partial charge in [-0.25, -0.2) is 0 Å². The molecule has 7 unspecified atom stereocenters. The first-order chi connectivity index (χ1) is 31.8. The van der Waals surface area contributed by atoms with Crippen LogP contribution in [0.25, 0.3) is 0 Å². The van der Waals surface area contributed by atoms with Crippen molar-refractivity contribution in [2.75, 3.05) is 13.2 Å². The summed E-state index contributed by atoms with van der Waals surface area (Å²) in [5.74, 6) is -0.178. The predicted molar refractivity (Wildman–Crippen MR) is 272 cm³/mol. The van der Waals surface area contributed by atoms with Gasteiger partial charge in [-0.2, -0.15) is 0 Å². The van der Waals surface area contributed by atoms with Crippen molar-refractivity contribution in [1.82, 2.24) is 5.32 Å². The molecule has 0 aromatic carbocycles. The van der Waals surface area contributed by atoms with Crippen molar-refractivity contribution in [3.05, 3.63) is 36.5 Å². The Morgan fingerprint density at radius 1 is 0.523 bits per heavy atom. The van der Waals surface area contributed by atoms with Crippen LogP contribution < -0.4 is 5.32 Å². The molecule has 1 aliphatic heterocycles. The quantitative estimate of drug-likeness (QED) is 0.0261. The number of carbonyl (C=O) groups is 1. The van der Waals surface area contributed by atoms with E-state index in [1.54, 1.807) is 6.08 Å². The molecule has 6 N–H and O–H groups in total. The van der Waals surface area contributed by atoms with Crippen LogP contribution in [0.5, 0.6) is 0 Å². The van der Waals surface area contributed by atoms with Gasteiger partial charge in [0.1, 0.15) is 24.4 Å². The maximum absolute atomic E-state index is 13.0. The number of unbranched alkanes of at least 4 members (excludes halogenated alkanes) is 33. The average molecular weight is 920 g/mol. The monoisotopic (exact) mass is 920 g/mol. The summed E-state index contributed by atoms with van der Waals surface area (Å²) in [6.45, 7) is 3.79. The lowest BCUT2D eigenvalue weighted by Crippen LogP contribution is -2.60. The number of nitrogens with one attached hydrogen (secondary N) is 1. The predicted octanol–water partition coefficient (Wildman–Crippen LogP) is 13.2. The Labute approximate surface area is 400 Å². The Balaban J connectivity index is 2.21. The molecular weight excluding hydrogens is 815 g/mol. The van der Waals surface area contributed by atoms with Crippen LogP contribution in [0.1, 0.15) is 258 Å². The van der Waals surface area contributed by atoms with E-state index >= 15 is 0 Å². The van der Waals surface area contributed by atoms with Crippen molar-refractivity contribution >= 4 is 5.91 Å². The van der Waals surface area contributed by atoms with Crippen molar-refractivity contribution in [1.29, 1.82) is 0 Å². The highest BCUT2D eigenvalue weighted by molar-refractivity contribution is 5.76. The van der Waals surface area contributed by atoms with E-state index in [-0.39, 0.29) is 12.5 Å². The van der Waals surface area contributed by atoms with Crippen LogP contribution in [0.15, 0.2) is 36.5 Å². The van der Waals surface area contributed by atoms with E-state index in [9.17, 15) is 30.3 Å². The molecule has 0 aliphatic carbocycles. The summed E-state index contributed by atoms with van der Waals surface area (Å²) in [6, 6.07) is -0.805. The molecule has 0 aromatic rings. The minimum atomic E-state index is -1.57. The van der Waals surface area contributed by atoms with Crippen molar-refractivity contribution in [2.24, 2.45) is 0 Å². The number of ether oxygens (including phenoxy) is 2. The fourth-order valence-electron chi connectivity index (χ4n) is 8.78. The van der Waals surface area contributed by atoms with Crippen LogP contribution in [-0.2, 0) is 14.3 Å². The van der Waals surface area contributed by atoms with Gasteiger partial charge in [-0.15, -0.1) is 0 Å². The summed E-state index contributed by atoms with van der Waals surface area (Å²) in [5, 5.41) is 54.4. The maximum atomic E-state index is 13.0. The van der Waals surface area contributed by atoms with Crippen LogP contribution in [0.2, 0.25) is 0 Å². The SMILES string of the molecule is CCCCCCCCCCC/C=C\C/C=C\CCCCCCCCCCCCCC(=O)NC(COC1OC(CO)C(O)C(O)C1O)C(O)/C=C/CCCCCCCCCCCCCCC. The van der Waals surface area contributed by atoms with E-state index in [1.807, 2.05) is 6.08 Å². The first kappa shape index (κ1) is 61.4. The summed E-state index contributed by atoms with van der Waals surface area (Å²) in [5.41, 5.74) is 0. The van der Waals surface area contributed by atoms with E-state index < -0.39 is 49.5 Å². The summed E-state index contributed by atoms with van der Waals surface area (Å²) in [7, 11) is 0. The van der Waals surface area contributed by atoms with Crippen LogP contribution in [0, 0.1) is 0 Å². The molecule has 9 nitrogen and oxygen atoms in total. The van der Waals surface area contributed by atoms with Crippen LogP contribution in [0.3, 0.4) is 0 Å². The molecule has 0 radical (unpaired) electrons. The van der Waals surface area contributed by atoms with E-state index in [4.69, 9.17) is 9.47 Å². The molecule has 0 saturated carbocycles. The highest BCUT2D eigenvalue weighted by Crippen LogP contribution is 2.23. The summed E-state index contributed by atoms with van der Waals surface area (Å²) >= 11 is 0. The van der Waals surface area contributed by atoms with E-state index in [0.29, 0.717) is 6.42 Å². The Morgan fingerprint density at radius 3 is 1.32 bits per heavy atom. The van der Waals surface area contributed by atoms with Crippen molar-refractivity contribution < 1.29 is 39.8 Å². The lowest BCUT2D eigenvalue weighted by Gasteiger charge is -2.40. The van der Waals surface area contributed by atoms with Crippen LogP contribution >= 0.6 is 0 Å². The summed E-state index contributed by atoms with van der Waals surface area (Å²) in [6.07, 6.45) is 52.0. The van der Waals surface area contributed by atoms with Gasteiger partial charge in [-0.1, -0.05) is 237 Å². The van der Waals surface area contributed by atoms with Gasteiger partial charge >= 0.3 is 0 Å². The molecule has 1 fully saturated rings. The number of carbonyl (C=O) groups excluding carboxylic acids is 1. The number of aliphatic hydroxyl groups excluding tert-OH is 5. The molecule has 1 rings (SSSR count). The Morgan fingerprint density at radius 2 is 0.908 bits per heavy atom. The second kappa shape index (κ2) is 46.2. The Bertz CT molecular complexity index is 1110. The molecule has 9 heteroatoms. The Kier molecular flexibility index (Phi) is 43.6. The van der Waals surface area contributed by atoms with E-state index in [1.165, 1.54) is 193 Å². The molecule has 1 heterocycles. The van der Waals surface area contributed by atoms with Gasteiger partial charge in [-0.3, -0.25) is 4.79 Å². The smallest absolute Gasteiger partial charge is 0.220 e. The first-order valence-corrected chi connectivity index (χ1v) is 27.7. The zero-order chi connectivity index (χ0) is 47.3. The fraction of sp³-hybridized carbons (Fsp3) is 0.875. The third kappa shape index (κ3) is 36.1. The molecule has 0 aromatic heterocycles. The second-order valence-corrected chi connectivity index (χ2v) is 19.4. The van der Waals surface area contributed by atoms with Gasteiger partial charge in [0.2, 0.25) is 5.91 Å². The standard InChI is InChI=1S/C56H105NO8/c1-3-5-7-9-11-13-15-17-19-20-21-22-23-24-25-26-27-28-29-30-32-34-36-38-40-42-44-46-52(60)57-49(48-64-56-55(63)54(62)53(61)51(47-58)65-56)50(59)45-43-41-39-37-35-33-31-18-16-14-12-10-8-6-4-2/h21-22,24-25,43,45,49-51,53-56,58-59,61-63H,3-20,23,26-42,44,46-48H2,1-2H3,(H,57,60)/b22-21-,25-24-,45-43+. The molecule has 0 spiro atoms. The highest BCUT2D eigenvalue weighted by atomic mass is 16.7. The van der Waals surface area contributed by atoms with Crippen LogP contribution in [0.4, 0.5) is 0 Å². The number of rotatable bonds is 47. The molecule has 7 atom stereocenters. The number of amides is 1. The third-order valence-corrected chi connectivity index (χ3v) is 13.2. The molecule has 1 saturated heterocycles. The first-order valence-electron chi connectivity index (χ1n) is 27.7. The zero-order valence-electron chi connectivity index (χ0n) is 42.3. The van der Waals surface area contributed by atoms with Gasteiger partial charge in [-0.05, 0) is 51.4 Å². The van der Waals surface area contributed by atoms with Crippen molar-refractivity contribution in [3.8, 4) is 0 Å². The van der Waals surface area contributed by atoms with Gasteiger partial charge in [0.15, 0.2) is 6.29 Å². The number of hydrogen-bond acceptors (Lipinski definition) is 8. The van der Waals surface area contributed by atoms with E-state index in [0.717, 1.165) is 44.9 Å². The molecule has 65 heavy (non-hydrogen) atoms. The van der Waals surface area contributed by atoms with Gasteiger partial charge in [0.05, 0.1) is 25.4 Å². The van der Waals surface area contributed by atoms with Crippen molar-refractivity contribution in [2.45, 2.75) is 301 Å². The lowest BCUT2D eigenvalue weighted by atomic mass is 9.99. The van der Waals surface area contributed by atoms with Crippen LogP contribution in [-0.4, -0.2) is 87.5 Å². The fourth-order valence-corrected chi connectivity index (χ4v) is 8.78. The largest absolute Gasteiger partial charge is 0.394 e. The van der Waals surface area contributed by atoms with Gasteiger partial charge in [0, 0.05) is 6.42 Å². The van der Waals surface area contributed by atoms with E-state index in [2.05, 4.69) is 43.5 Å². The summed E-state index contributed by atoms with van der Waals surface area (Å²) in [4.78, 5) is 13.0. The summed E-state index contributed by atoms with van der Waals surface area (Å²) < 4.78 is 11.2. The number of allylic oxidation sites excluding steroid dienone is 5. The maximum Gasteiger partial charge on any atom is 0.220 e. The zero-order valence-corrected chi connectivity index (χ0v) is 42.3. The van der Waals surface area contributed by atoms with Gasteiger partial charge in [0.25, 0.3) is 0 Å². The third-order valence-electron chi connectivity index (χ3n) is 13.2.